The molecule has 0 radical (unpaired) electrons. The molecule has 7 nitrogen and oxygen atoms in total. The van der Waals surface area contributed by atoms with Crippen molar-refractivity contribution in [2.24, 2.45) is 0 Å². The van der Waals surface area contributed by atoms with E-state index < -0.39 is 4.92 Å². The van der Waals surface area contributed by atoms with E-state index in [2.05, 4.69) is 15.2 Å². The monoisotopic (exact) mass is 598 g/mol. The van der Waals surface area contributed by atoms with Crippen LogP contribution in [0.5, 0.6) is 0 Å². The Morgan fingerprint density at radius 3 is 2.39 bits per heavy atom. The van der Waals surface area contributed by atoms with E-state index in [0.29, 0.717) is 15.9 Å². The number of halogens is 1. The van der Waals surface area contributed by atoms with E-state index in [1.807, 2.05) is 79.7 Å². The quantitative estimate of drug-likeness (QED) is 0.113. The smallest absolute Gasteiger partial charge is 0.269 e. The SMILES string of the molecule is Cc1ccc(-c2ccc([C@H]3[C@@H](c4ccccn4)NC(=S)N3c3ccc(Sc4ccc([N+](=O)[O-])cc4)cc3)o2)cc1Cl. The molecule has 3 aromatic carbocycles. The number of rotatable bonds is 7. The lowest BCUT2D eigenvalue weighted by atomic mass is 10.0. The Morgan fingerprint density at radius 1 is 1.00 bits per heavy atom. The van der Waals surface area contributed by atoms with Crippen LogP contribution in [-0.2, 0) is 0 Å². The van der Waals surface area contributed by atoms with Crippen molar-refractivity contribution in [3.8, 4) is 11.3 Å². The maximum absolute atomic E-state index is 11.0. The van der Waals surface area contributed by atoms with Gasteiger partial charge in [-0.25, -0.2) is 0 Å². The van der Waals surface area contributed by atoms with E-state index in [-0.39, 0.29) is 17.8 Å². The van der Waals surface area contributed by atoms with Crippen molar-refractivity contribution in [1.29, 1.82) is 0 Å². The first kappa shape index (κ1) is 27.0. The van der Waals surface area contributed by atoms with Gasteiger partial charge in [-0.15, -0.1) is 0 Å². The summed E-state index contributed by atoms with van der Waals surface area (Å²) in [5.74, 6) is 1.46. The normalized spacial score (nSPS) is 16.5. The van der Waals surface area contributed by atoms with Crippen LogP contribution in [0.1, 0.15) is 29.1 Å². The fourth-order valence-electron chi connectivity index (χ4n) is 4.78. The summed E-state index contributed by atoms with van der Waals surface area (Å²) in [4.78, 5) is 19.1. The van der Waals surface area contributed by atoms with Gasteiger partial charge in [-0.3, -0.25) is 15.1 Å². The van der Waals surface area contributed by atoms with Crippen LogP contribution < -0.4 is 10.2 Å². The number of nitrogens with one attached hydrogen (secondary N) is 1. The van der Waals surface area contributed by atoms with Crippen molar-refractivity contribution in [3.05, 3.63) is 135 Å². The van der Waals surface area contributed by atoms with Gasteiger partial charge >= 0.3 is 0 Å². The molecular formula is C31H23ClN4O3S2. The topological polar surface area (TPSA) is 84.4 Å². The molecule has 0 amide bonds. The highest BCUT2D eigenvalue weighted by Crippen LogP contribution is 2.43. The number of nitrogens with zero attached hydrogens (tertiary/aromatic N) is 3. The fourth-order valence-corrected chi connectivity index (χ4v) is 6.12. The van der Waals surface area contributed by atoms with E-state index in [4.69, 9.17) is 28.2 Å². The van der Waals surface area contributed by atoms with Crippen LogP contribution in [0, 0.1) is 17.0 Å². The summed E-state index contributed by atoms with van der Waals surface area (Å²) in [6, 6.07) is 29.7. The predicted octanol–water partition coefficient (Wildman–Crippen LogP) is 8.54. The molecule has 2 aromatic heterocycles. The summed E-state index contributed by atoms with van der Waals surface area (Å²) in [5, 5.41) is 15.7. The van der Waals surface area contributed by atoms with Crippen LogP contribution >= 0.6 is 35.6 Å². The van der Waals surface area contributed by atoms with Crippen molar-refractivity contribution in [2.75, 3.05) is 4.90 Å². The molecule has 1 aliphatic rings. The molecule has 0 spiro atoms. The van der Waals surface area contributed by atoms with Crippen molar-refractivity contribution in [2.45, 2.75) is 28.8 Å². The van der Waals surface area contributed by atoms with E-state index in [0.717, 1.165) is 38.1 Å². The highest BCUT2D eigenvalue weighted by molar-refractivity contribution is 7.99. The van der Waals surface area contributed by atoms with Gasteiger partial charge < -0.3 is 14.6 Å². The molecule has 0 aliphatic carbocycles. The molecule has 1 N–H and O–H groups in total. The highest BCUT2D eigenvalue weighted by atomic mass is 35.5. The minimum atomic E-state index is -0.400. The van der Waals surface area contributed by atoms with E-state index in [1.165, 1.54) is 23.9 Å². The first-order valence-electron chi connectivity index (χ1n) is 12.8. The Hall–Kier alpha value is -4.18. The van der Waals surface area contributed by atoms with Gasteiger partial charge in [0.05, 0.1) is 16.7 Å². The fraction of sp³-hybridized carbons (Fsp3) is 0.0968. The molecule has 1 saturated heterocycles. The van der Waals surface area contributed by atoms with Gasteiger partial charge in [0.15, 0.2) is 5.11 Å². The Balaban J connectivity index is 1.32. The van der Waals surface area contributed by atoms with Gasteiger partial charge in [0.2, 0.25) is 0 Å². The van der Waals surface area contributed by atoms with Gasteiger partial charge in [0.25, 0.3) is 5.69 Å². The number of furan rings is 1. The second kappa shape index (κ2) is 11.4. The molecule has 41 heavy (non-hydrogen) atoms. The number of benzene rings is 3. The number of hydrogen-bond acceptors (Lipinski definition) is 6. The van der Waals surface area contributed by atoms with Crippen LogP contribution in [0.3, 0.4) is 0 Å². The summed E-state index contributed by atoms with van der Waals surface area (Å²) in [6.45, 7) is 1.97. The molecule has 1 fully saturated rings. The zero-order chi connectivity index (χ0) is 28.5. The van der Waals surface area contributed by atoms with Gasteiger partial charge in [0, 0.05) is 44.4 Å². The van der Waals surface area contributed by atoms with Crippen LogP contribution in [0.25, 0.3) is 11.3 Å². The second-order valence-corrected chi connectivity index (χ2v) is 11.5. The Kier molecular flexibility index (Phi) is 7.49. The third-order valence-corrected chi connectivity index (χ3v) is 8.61. The number of nitro benzene ring substituents is 1. The summed E-state index contributed by atoms with van der Waals surface area (Å²) in [6.07, 6.45) is 1.77. The zero-order valence-corrected chi connectivity index (χ0v) is 24.1. The van der Waals surface area contributed by atoms with Gasteiger partial charge in [-0.1, -0.05) is 41.6 Å². The molecule has 2 atom stereocenters. The molecule has 6 rings (SSSR count). The molecule has 10 heteroatoms. The lowest BCUT2D eigenvalue weighted by Gasteiger charge is -2.26. The van der Waals surface area contributed by atoms with E-state index in [9.17, 15) is 10.1 Å². The molecule has 0 saturated carbocycles. The molecule has 0 unspecified atom stereocenters. The maximum Gasteiger partial charge on any atom is 0.269 e. The Labute approximate surface area is 251 Å². The molecular weight excluding hydrogens is 576 g/mol. The number of anilines is 1. The van der Waals surface area contributed by atoms with Crippen molar-refractivity contribution in [3.63, 3.8) is 0 Å². The number of aryl methyl sites for hydroxylation is 1. The highest BCUT2D eigenvalue weighted by Gasteiger charge is 2.42. The van der Waals surface area contributed by atoms with Crippen LogP contribution in [-0.4, -0.2) is 15.0 Å². The number of pyridine rings is 1. The first-order valence-corrected chi connectivity index (χ1v) is 14.4. The number of thiocarbonyl (C=S) groups is 1. The lowest BCUT2D eigenvalue weighted by Crippen LogP contribution is -2.29. The Bertz CT molecular complexity index is 1730. The van der Waals surface area contributed by atoms with Crippen LogP contribution in [0.2, 0.25) is 5.02 Å². The Morgan fingerprint density at radius 2 is 1.73 bits per heavy atom. The average molecular weight is 599 g/mol. The summed E-state index contributed by atoms with van der Waals surface area (Å²) in [7, 11) is 0. The minimum Gasteiger partial charge on any atom is -0.459 e. The molecule has 3 heterocycles. The van der Waals surface area contributed by atoms with Crippen molar-refractivity contribution < 1.29 is 9.34 Å². The van der Waals surface area contributed by atoms with Crippen molar-refractivity contribution >= 4 is 52.1 Å². The number of non-ortho nitro benzene ring substituents is 1. The minimum absolute atomic E-state index is 0.0693. The summed E-state index contributed by atoms with van der Waals surface area (Å²) in [5.41, 5.74) is 3.72. The molecule has 1 aliphatic heterocycles. The van der Waals surface area contributed by atoms with Crippen LogP contribution in [0.4, 0.5) is 11.4 Å². The summed E-state index contributed by atoms with van der Waals surface area (Å²) < 4.78 is 6.45. The molecule has 5 aromatic rings. The van der Waals surface area contributed by atoms with Crippen molar-refractivity contribution in [1.82, 2.24) is 10.3 Å². The lowest BCUT2D eigenvalue weighted by molar-refractivity contribution is -0.384. The zero-order valence-electron chi connectivity index (χ0n) is 21.7. The number of hydrogen-bond donors (Lipinski definition) is 1. The van der Waals surface area contributed by atoms with Gasteiger partial charge in [0.1, 0.15) is 17.6 Å². The molecule has 0 bridgehead atoms. The van der Waals surface area contributed by atoms with Gasteiger partial charge in [-0.05, 0) is 91.4 Å². The van der Waals surface area contributed by atoms with Gasteiger partial charge in [-0.2, -0.15) is 0 Å². The maximum atomic E-state index is 11.0. The predicted molar refractivity (Wildman–Crippen MR) is 165 cm³/mol. The van der Waals surface area contributed by atoms with E-state index in [1.54, 1.807) is 18.3 Å². The summed E-state index contributed by atoms with van der Waals surface area (Å²) >= 11 is 13.8. The average Bonchev–Trinajstić information content (AvgIpc) is 3.60. The standard InChI is InChI=1S/C31H23ClN4O3S2/c1-19-5-6-20(18-25(19)32)27-15-16-28(39-27)30-29(26-4-2-3-17-33-26)34-31(40)35(30)21-7-11-23(12-8-21)41-24-13-9-22(10-14-24)36(37)38/h2-18,29-30H,1H3,(H,34,40)/t29-,30+/m1/s1. The number of nitro groups is 1. The van der Waals surface area contributed by atoms with E-state index >= 15 is 0 Å². The number of aromatic nitrogens is 1. The molecule has 204 valence electrons. The third-order valence-electron chi connectivity index (χ3n) is 6.87. The largest absolute Gasteiger partial charge is 0.459 e. The second-order valence-electron chi connectivity index (χ2n) is 9.51. The third kappa shape index (κ3) is 5.56. The first-order chi connectivity index (χ1) is 19.9. The van der Waals surface area contributed by atoms with Crippen LogP contribution in [0.15, 0.2) is 117 Å².